The predicted molar refractivity (Wildman–Crippen MR) is 84.6 cm³/mol. The first-order valence-electron chi connectivity index (χ1n) is 8.57. The van der Waals surface area contributed by atoms with Gasteiger partial charge in [-0.1, -0.05) is 12.8 Å². The standard InChI is InChI=1S/C16H26N2O2S/c19-15(17-10-11-4-3-9-21-11)18-13-12-5-8-20-14(12)16(13)6-1-2-7-16/h11-14H,1-10H2,(H2,17,18,19)/t11-,12-,13+,14+/m0/s1. The smallest absolute Gasteiger partial charge is 0.315 e. The number of nitrogens with one attached hydrogen (secondary N) is 2. The molecule has 2 saturated carbocycles. The van der Waals surface area contributed by atoms with Gasteiger partial charge in [0.2, 0.25) is 0 Å². The van der Waals surface area contributed by atoms with Crippen molar-refractivity contribution >= 4 is 17.8 Å². The van der Waals surface area contributed by atoms with E-state index in [0.717, 1.165) is 19.6 Å². The van der Waals surface area contributed by atoms with Gasteiger partial charge < -0.3 is 15.4 Å². The second-order valence-electron chi connectivity index (χ2n) is 7.15. The summed E-state index contributed by atoms with van der Waals surface area (Å²) in [5.74, 6) is 1.82. The van der Waals surface area contributed by atoms with Crippen molar-refractivity contribution in [1.29, 1.82) is 0 Å². The van der Waals surface area contributed by atoms with Crippen LogP contribution in [0.25, 0.3) is 0 Å². The summed E-state index contributed by atoms with van der Waals surface area (Å²) in [7, 11) is 0. The van der Waals surface area contributed by atoms with Crippen LogP contribution in [0.3, 0.4) is 0 Å². The number of hydrogen-bond acceptors (Lipinski definition) is 3. The first kappa shape index (κ1) is 14.2. The van der Waals surface area contributed by atoms with Crippen LogP contribution >= 0.6 is 11.8 Å². The number of hydrogen-bond donors (Lipinski definition) is 2. The van der Waals surface area contributed by atoms with Crippen LogP contribution in [-0.2, 0) is 4.74 Å². The third-order valence-electron chi connectivity index (χ3n) is 6.09. The van der Waals surface area contributed by atoms with Crippen molar-refractivity contribution in [3.8, 4) is 0 Å². The van der Waals surface area contributed by atoms with E-state index in [9.17, 15) is 4.79 Å². The van der Waals surface area contributed by atoms with Gasteiger partial charge in [-0.15, -0.1) is 0 Å². The molecule has 2 aliphatic carbocycles. The Morgan fingerprint density at radius 1 is 1.24 bits per heavy atom. The first-order chi connectivity index (χ1) is 10.3. The summed E-state index contributed by atoms with van der Waals surface area (Å²) in [6.45, 7) is 1.70. The van der Waals surface area contributed by atoms with E-state index in [0.29, 0.717) is 23.3 Å². The Morgan fingerprint density at radius 3 is 2.86 bits per heavy atom. The monoisotopic (exact) mass is 310 g/mol. The number of amides is 2. The molecule has 0 radical (unpaired) electrons. The Morgan fingerprint density at radius 2 is 2.10 bits per heavy atom. The van der Waals surface area contributed by atoms with E-state index in [1.165, 1.54) is 44.3 Å². The molecule has 2 amide bonds. The van der Waals surface area contributed by atoms with Crippen LogP contribution in [0.2, 0.25) is 0 Å². The number of thioether (sulfide) groups is 1. The minimum absolute atomic E-state index is 0.0455. The summed E-state index contributed by atoms with van der Waals surface area (Å²) in [6, 6.07) is 0.396. The highest BCUT2D eigenvalue weighted by Crippen LogP contribution is 2.60. The van der Waals surface area contributed by atoms with E-state index < -0.39 is 0 Å². The fourth-order valence-electron chi connectivity index (χ4n) is 5.11. The van der Waals surface area contributed by atoms with Crippen molar-refractivity contribution in [2.75, 3.05) is 18.9 Å². The fourth-order valence-corrected chi connectivity index (χ4v) is 6.31. The summed E-state index contributed by atoms with van der Waals surface area (Å²) in [5, 5.41) is 7.03. The molecule has 0 bridgehead atoms. The molecule has 2 saturated heterocycles. The predicted octanol–water partition coefficient (Wildman–Crippen LogP) is 2.53. The Kier molecular flexibility index (Phi) is 3.82. The maximum Gasteiger partial charge on any atom is 0.315 e. The second-order valence-corrected chi connectivity index (χ2v) is 8.56. The van der Waals surface area contributed by atoms with Crippen LogP contribution in [0.1, 0.15) is 44.9 Å². The van der Waals surface area contributed by atoms with E-state index in [1.54, 1.807) is 0 Å². The Labute approximate surface area is 131 Å². The molecule has 2 heterocycles. The Hall–Kier alpha value is -0.420. The van der Waals surface area contributed by atoms with E-state index >= 15 is 0 Å². The van der Waals surface area contributed by atoms with Crippen LogP contribution in [0.15, 0.2) is 0 Å². The number of urea groups is 1. The SMILES string of the molecule is O=C(NC[C@@H]1CCCS1)N[C@@H]1[C@@H]2CCO[C@H]2C12CCCC2. The minimum Gasteiger partial charge on any atom is -0.377 e. The van der Waals surface area contributed by atoms with Crippen molar-refractivity contribution in [3.05, 3.63) is 0 Å². The van der Waals surface area contributed by atoms with Crippen molar-refractivity contribution in [2.24, 2.45) is 11.3 Å². The molecule has 1 spiro atoms. The van der Waals surface area contributed by atoms with Gasteiger partial charge in [0.25, 0.3) is 0 Å². The fraction of sp³-hybridized carbons (Fsp3) is 0.938. The average molecular weight is 310 g/mol. The third-order valence-corrected chi connectivity index (χ3v) is 7.49. The molecule has 4 aliphatic rings. The zero-order valence-electron chi connectivity index (χ0n) is 12.6. The number of rotatable bonds is 3. The second kappa shape index (κ2) is 5.65. The lowest BCUT2D eigenvalue weighted by Crippen LogP contribution is -2.69. The van der Waals surface area contributed by atoms with Gasteiger partial charge in [-0.3, -0.25) is 0 Å². The number of fused-ring (bicyclic) bond motifs is 2. The van der Waals surface area contributed by atoms with Crippen LogP contribution in [0.4, 0.5) is 4.79 Å². The molecule has 4 fully saturated rings. The normalized spacial score (nSPS) is 40.0. The molecule has 2 aliphatic heterocycles. The van der Waals surface area contributed by atoms with E-state index in [-0.39, 0.29) is 11.4 Å². The topological polar surface area (TPSA) is 50.4 Å². The molecule has 118 valence electrons. The number of carbonyl (C=O) groups excluding carboxylic acids is 1. The molecule has 0 aromatic heterocycles. The molecule has 0 aromatic rings. The Balaban J connectivity index is 1.33. The molecule has 21 heavy (non-hydrogen) atoms. The molecule has 4 atom stereocenters. The van der Waals surface area contributed by atoms with Gasteiger partial charge in [0.05, 0.1) is 6.10 Å². The van der Waals surface area contributed by atoms with Gasteiger partial charge in [0.15, 0.2) is 0 Å². The molecule has 4 rings (SSSR count). The number of ether oxygens (including phenoxy) is 1. The van der Waals surface area contributed by atoms with Crippen LogP contribution in [0.5, 0.6) is 0 Å². The molecule has 4 nitrogen and oxygen atoms in total. The highest BCUT2D eigenvalue weighted by Gasteiger charge is 2.65. The maximum absolute atomic E-state index is 12.3. The first-order valence-corrected chi connectivity index (χ1v) is 9.62. The van der Waals surface area contributed by atoms with Crippen molar-refractivity contribution in [3.63, 3.8) is 0 Å². The highest BCUT2D eigenvalue weighted by molar-refractivity contribution is 8.00. The maximum atomic E-state index is 12.3. The van der Waals surface area contributed by atoms with Gasteiger partial charge >= 0.3 is 6.03 Å². The largest absolute Gasteiger partial charge is 0.377 e. The molecule has 0 unspecified atom stereocenters. The quantitative estimate of drug-likeness (QED) is 0.842. The molecular formula is C16H26N2O2S. The molecule has 0 aromatic carbocycles. The lowest BCUT2D eigenvalue weighted by Gasteiger charge is -2.56. The van der Waals surface area contributed by atoms with Gasteiger partial charge in [0.1, 0.15) is 0 Å². The third kappa shape index (κ3) is 2.37. The lowest BCUT2D eigenvalue weighted by molar-refractivity contribution is -0.126. The van der Waals surface area contributed by atoms with Gasteiger partial charge in [0, 0.05) is 35.8 Å². The van der Waals surface area contributed by atoms with Gasteiger partial charge in [-0.05, 0) is 37.9 Å². The van der Waals surface area contributed by atoms with Crippen LogP contribution < -0.4 is 10.6 Å². The average Bonchev–Trinajstić information content (AvgIpc) is 3.22. The molecule has 5 heteroatoms. The van der Waals surface area contributed by atoms with Crippen molar-refractivity contribution in [2.45, 2.75) is 62.3 Å². The van der Waals surface area contributed by atoms with Crippen LogP contribution in [-0.4, -0.2) is 42.3 Å². The van der Waals surface area contributed by atoms with Gasteiger partial charge in [-0.2, -0.15) is 11.8 Å². The molecule has 2 N–H and O–H groups in total. The summed E-state index contributed by atoms with van der Waals surface area (Å²) in [4.78, 5) is 12.3. The molecular weight excluding hydrogens is 284 g/mol. The van der Waals surface area contributed by atoms with Crippen molar-refractivity contribution in [1.82, 2.24) is 10.6 Å². The summed E-state index contributed by atoms with van der Waals surface area (Å²) in [6.07, 6.45) is 9.15. The zero-order valence-corrected chi connectivity index (χ0v) is 13.4. The number of carbonyl (C=O) groups is 1. The summed E-state index contributed by atoms with van der Waals surface area (Å²) >= 11 is 1.99. The minimum atomic E-state index is 0.0455. The van der Waals surface area contributed by atoms with E-state index in [2.05, 4.69) is 10.6 Å². The lowest BCUT2D eigenvalue weighted by atomic mass is 9.54. The zero-order chi connectivity index (χ0) is 14.3. The van der Waals surface area contributed by atoms with E-state index in [4.69, 9.17) is 4.74 Å². The Bertz CT molecular complexity index is 405. The van der Waals surface area contributed by atoms with E-state index in [1.807, 2.05) is 11.8 Å². The summed E-state index contributed by atoms with van der Waals surface area (Å²) in [5.41, 5.74) is 0.264. The van der Waals surface area contributed by atoms with Crippen LogP contribution in [0, 0.1) is 11.3 Å². The summed E-state index contributed by atoms with van der Waals surface area (Å²) < 4.78 is 5.97. The van der Waals surface area contributed by atoms with Crippen molar-refractivity contribution < 1.29 is 9.53 Å². The highest BCUT2D eigenvalue weighted by atomic mass is 32.2. The van der Waals surface area contributed by atoms with Gasteiger partial charge in [-0.25, -0.2) is 4.79 Å².